The van der Waals surface area contributed by atoms with Crippen molar-refractivity contribution in [2.45, 2.75) is 19.4 Å². The molecule has 1 aromatic heterocycles. The fourth-order valence-electron chi connectivity index (χ4n) is 1.73. The normalized spacial score (nSPS) is 11.8. The number of carbonyl (C=O) groups is 2. The Morgan fingerprint density at radius 3 is 2.70 bits per heavy atom. The molecule has 6 nitrogen and oxygen atoms in total. The minimum atomic E-state index is -0.970. The van der Waals surface area contributed by atoms with E-state index in [2.05, 4.69) is 10.5 Å². The minimum Gasteiger partial charge on any atom is -0.481 e. The Kier molecular flexibility index (Phi) is 4.14. The van der Waals surface area contributed by atoms with Crippen LogP contribution in [0.4, 0.5) is 0 Å². The van der Waals surface area contributed by atoms with E-state index in [1.807, 2.05) is 30.3 Å². The minimum absolute atomic E-state index is 0.126. The zero-order chi connectivity index (χ0) is 14.5. The maximum Gasteiger partial charge on any atom is 0.305 e. The van der Waals surface area contributed by atoms with E-state index in [0.717, 1.165) is 5.56 Å². The van der Waals surface area contributed by atoms with E-state index in [-0.39, 0.29) is 12.1 Å². The van der Waals surface area contributed by atoms with Gasteiger partial charge in [0.25, 0.3) is 5.91 Å². The predicted octanol–water partition coefficient (Wildman–Crippen LogP) is 1.93. The van der Waals surface area contributed by atoms with Crippen LogP contribution < -0.4 is 5.32 Å². The molecule has 0 bridgehead atoms. The Bertz CT molecular complexity index is 607. The monoisotopic (exact) mass is 274 g/mol. The smallest absolute Gasteiger partial charge is 0.305 e. The molecular formula is C14H14N2O4. The summed E-state index contributed by atoms with van der Waals surface area (Å²) in [6.07, 6.45) is -0.144. The molecule has 2 rings (SSSR count). The number of nitrogens with zero attached hydrogens (tertiary/aromatic N) is 1. The van der Waals surface area contributed by atoms with Gasteiger partial charge in [0.05, 0.1) is 6.42 Å². The summed E-state index contributed by atoms with van der Waals surface area (Å²) in [6, 6.07) is 10.3. The number of hydrogen-bond acceptors (Lipinski definition) is 4. The lowest BCUT2D eigenvalue weighted by molar-refractivity contribution is -0.137. The summed E-state index contributed by atoms with van der Waals surface area (Å²) in [6.45, 7) is 1.62. The van der Waals surface area contributed by atoms with E-state index in [0.29, 0.717) is 5.76 Å². The maximum atomic E-state index is 11.9. The molecule has 0 saturated carbocycles. The molecule has 0 radical (unpaired) electrons. The molecule has 1 atom stereocenters. The van der Waals surface area contributed by atoms with Crippen LogP contribution >= 0.6 is 0 Å². The molecule has 1 aromatic carbocycles. The van der Waals surface area contributed by atoms with Crippen molar-refractivity contribution in [1.82, 2.24) is 10.5 Å². The highest BCUT2D eigenvalue weighted by atomic mass is 16.5. The Labute approximate surface area is 115 Å². The van der Waals surface area contributed by atoms with Crippen LogP contribution in [-0.2, 0) is 4.79 Å². The van der Waals surface area contributed by atoms with E-state index in [4.69, 9.17) is 9.63 Å². The van der Waals surface area contributed by atoms with Gasteiger partial charge in [-0.3, -0.25) is 9.59 Å². The summed E-state index contributed by atoms with van der Waals surface area (Å²) >= 11 is 0. The van der Waals surface area contributed by atoms with Gasteiger partial charge in [-0.1, -0.05) is 35.5 Å². The molecular weight excluding hydrogens is 260 g/mol. The molecule has 0 spiro atoms. The summed E-state index contributed by atoms with van der Waals surface area (Å²) in [5.74, 6) is -0.936. The van der Waals surface area contributed by atoms with Crippen LogP contribution in [0, 0.1) is 0 Å². The van der Waals surface area contributed by atoms with Crippen LogP contribution in [0.3, 0.4) is 0 Å². The van der Waals surface area contributed by atoms with Crippen LogP contribution in [0.15, 0.2) is 40.9 Å². The standard InChI is InChI=1S/C14H14N2O4/c1-9(7-13(17)18)15-14(19)11-8-12(20-16-11)10-5-3-2-4-6-10/h2-6,8-9H,7H2,1H3,(H,15,19)(H,17,18). The molecule has 104 valence electrons. The summed E-state index contributed by atoms with van der Waals surface area (Å²) < 4.78 is 5.11. The van der Waals surface area contributed by atoms with Gasteiger partial charge in [0.1, 0.15) is 0 Å². The van der Waals surface area contributed by atoms with Crippen LogP contribution in [0.1, 0.15) is 23.8 Å². The number of rotatable bonds is 5. The molecule has 1 amide bonds. The molecule has 0 saturated heterocycles. The lowest BCUT2D eigenvalue weighted by atomic mass is 10.1. The van der Waals surface area contributed by atoms with Gasteiger partial charge in [-0.2, -0.15) is 0 Å². The van der Waals surface area contributed by atoms with Gasteiger partial charge < -0.3 is 14.9 Å². The third-order valence-corrected chi connectivity index (χ3v) is 2.66. The van der Waals surface area contributed by atoms with Gasteiger partial charge in [-0.25, -0.2) is 0 Å². The first-order valence-electron chi connectivity index (χ1n) is 6.11. The third-order valence-electron chi connectivity index (χ3n) is 2.66. The van der Waals surface area contributed by atoms with Gasteiger partial charge in [0.2, 0.25) is 0 Å². The Morgan fingerprint density at radius 2 is 2.05 bits per heavy atom. The van der Waals surface area contributed by atoms with Gasteiger partial charge in [0.15, 0.2) is 11.5 Å². The largest absolute Gasteiger partial charge is 0.481 e. The van der Waals surface area contributed by atoms with Crippen LogP contribution in [0.25, 0.3) is 11.3 Å². The highest BCUT2D eigenvalue weighted by Crippen LogP contribution is 2.19. The van der Waals surface area contributed by atoms with Crippen LogP contribution in [-0.4, -0.2) is 28.2 Å². The van der Waals surface area contributed by atoms with Crippen LogP contribution in [0.2, 0.25) is 0 Å². The first-order chi connectivity index (χ1) is 9.56. The van der Waals surface area contributed by atoms with Crippen molar-refractivity contribution in [3.8, 4) is 11.3 Å². The van der Waals surface area contributed by atoms with E-state index in [1.54, 1.807) is 6.92 Å². The number of amides is 1. The zero-order valence-electron chi connectivity index (χ0n) is 10.9. The van der Waals surface area contributed by atoms with Crippen molar-refractivity contribution in [3.63, 3.8) is 0 Å². The number of nitrogens with one attached hydrogen (secondary N) is 1. The summed E-state index contributed by atoms with van der Waals surface area (Å²) in [4.78, 5) is 22.4. The average molecular weight is 274 g/mol. The van der Waals surface area contributed by atoms with Crippen molar-refractivity contribution in [3.05, 3.63) is 42.1 Å². The molecule has 20 heavy (non-hydrogen) atoms. The number of carboxylic acid groups (broad SMARTS) is 1. The third kappa shape index (κ3) is 3.44. The molecule has 1 unspecified atom stereocenters. The van der Waals surface area contributed by atoms with Crippen molar-refractivity contribution < 1.29 is 19.2 Å². The number of aromatic nitrogens is 1. The summed E-state index contributed by atoms with van der Waals surface area (Å²) in [5, 5.41) is 14.9. The molecule has 0 aliphatic heterocycles. The number of carbonyl (C=O) groups excluding carboxylic acids is 1. The summed E-state index contributed by atoms with van der Waals surface area (Å²) in [5.41, 5.74) is 0.943. The fourth-order valence-corrected chi connectivity index (χ4v) is 1.73. The highest BCUT2D eigenvalue weighted by molar-refractivity contribution is 5.93. The molecule has 2 aromatic rings. The van der Waals surface area contributed by atoms with Crippen molar-refractivity contribution in [2.24, 2.45) is 0 Å². The second-order valence-electron chi connectivity index (χ2n) is 4.41. The quantitative estimate of drug-likeness (QED) is 0.869. The number of hydrogen-bond donors (Lipinski definition) is 2. The van der Waals surface area contributed by atoms with Gasteiger partial charge >= 0.3 is 5.97 Å². The second kappa shape index (κ2) is 6.01. The molecule has 6 heteroatoms. The van der Waals surface area contributed by atoms with Crippen molar-refractivity contribution >= 4 is 11.9 Å². The zero-order valence-corrected chi connectivity index (χ0v) is 10.9. The Hall–Kier alpha value is -2.63. The number of aliphatic carboxylic acids is 1. The molecule has 0 aliphatic rings. The highest BCUT2D eigenvalue weighted by Gasteiger charge is 2.16. The van der Waals surface area contributed by atoms with Gasteiger partial charge in [0, 0.05) is 17.7 Å². The first-order valence-corrected chi connectivity index (χ1v) is 6.11. The van der Waals surface area contributed by atoms with E-state index >= 15 is 0 Å². The molecule has 1 heterocycles. The second-order valence-corrected chi connectivity index (χ2v) is 4.41. The Balaban J connectivity index is 2.05. The van der Waals surface area contributed by atoms with E-state index in [9.17, 15) is 9.59 Å². The molecule has 0 aliphatic carbocycles. The maximum absolute atomic E-state index is 11.9. The van der Waals surface area contributed by atoms with Crippen molar-refractivity contribution in [2.75, 3.05) is 0 Å². The topological polar surface area (TPSA) is 92.4 Å². The van der Waals surface area contributed by atoms with Gasteiger partial charge in [-0.15, -0.1) is 0 Å². The van der Waals surface area contributed by atoms with Gasteiger partial charge in [-0.05, 0) is 6.92 Å². The molecule has 0 fully saturated rings. The average Bonchev–Trinajstić information content (AvgIpc) is 2.88. The molecule has 2 N–H and O–H groups in total. The predicted molar refractivity (Wildman–Crippen MR) is 71.1 cm³/mol. The fraction of sp³-hybridized carbons (Fsp3) is 0.214. The SMILES string of the molecule is CC(CC(=O)O)NC(=O)c1cc(-c2ccccc2)on1. The number of benzene rings is 1. The summed E-state index contributed by atoms with van der Waals surface area (Å²) in [7, 11) is 0. The first kappa shape index (κ1) is 13.8. The van der Waals surface area contributed by atoms with E-state index in [1.165, 1.54) is 6.07 Å². The van der Waals surface area contributed by atoms with Crippen molar-refractivity contribution in [1.29, 1.82) is 0 Å². The lowest BCUT2D eigenvalue weighted by Crippen LogP contribution is -2.34. The Morgan fingerprint density at radius 1 is 1.35 bits per heavy atom. The number of carboxylic acids is 1. The van der Waals surface area contributed by atoms with Crippen LogP contribution in [0.5, 0.6) is 0 Å². The van der Waals surface area contributed by atoms with E-state index < -0.39 is 17.9 Å². The lowest BCUT2D eigenvalue weighted by Gasteiger charge is -2.09.